The Morgan fingerprint density at radius 1 is 1.75 bits per heavy atom. The molecule has 0 aromatic carbocycles. The minimum Gasteiger partial charge on any atom is -0.387 e. The van der Waals surface area contributed by atoms with E-state index in [2.05, 4.69) is 0 Å². The minimum absolute atomic E-state index is 0.122. The largest absolute Gasteiger partial charge is 0.387 e. The molecule has 0 saturated carbocycles. The van der Waals surface area contributed by atoms with Crippen LogP contribution in [-0.2, 0) is 0 Å². The molecule has 3 N–H and O–H groups in total. The highest BCUT2D eigenvalue weighted by atomic mass is 19.1. The highest BCUT2D eigenvalue weighted by molar-refractivity contribution is 4.76. The van der Waals surface area contributed by atoms with E-state index in [1.165, 1.54) is 13.8 Å². The van der Waals surface area contributed by atoms with Crippen LogP contribution in [0.15, 0.2) is 0 Å². The van der Waals surface area contributed by atoms with Crippen molar-refractivity contribution >= 4 is 0 Å². The number of aliphatic hydroxyl groups is 1. The lowest BCUT2D eigenvalue weighted by atomic mass is 10.0. The maximum Gasteiger partial charge on any atom is 0.140 e. The van der Waals surface area contributed by atoms with Crippen molar-refractivity contribution in [1.29, 1.82) is 0 Å². The fraction of sp³-hybridized carbons (Fsp3) is 1.00. The van der Waals surface area contributed by atoms with Crippen LogP contribution in [0.1, 0.15) is 13.8 Å². The fourth-order valence-electron chi connectivity index (χ4n) is 0.288. The molecule has 0 amide bonds. The first-order chi connectivity index (χ1) is 3.48. The maximum atomic E-state index is 12.3. The molecular formula is C5H12FNO. The molecule has 0 aromatic rings. The van der Waals surface area contributed by atoms with Gasteiger partial charge in [-0.25, -0.2) is 4.39 Å². The summed E-state index contributed by atoms with van der Waals surface area (Å²) in [5, 5.41) is 8.83. The molecule has 1 atom stereocenters. The number of alkyl halides is 1. The van der Waals surface area contributed by atoms with Crippen molar-refractivity contribution in [1.82, 2.24) is 0 Å². The topological polar surface area (TPSA) is 46.2 Å². The van der Waals surface area contributed by atoms with E-state index in [9.17, 15) is 4.39 Å². The van der Waals surface area contributed by atoms with Gasteiger partial charge in [-0.05, 0) is 13.8 Å². The molecule has 50 valence electrons. The Labute approximate surface area is 48.5 Å². The van der Waals surface area contributed by atoms with Gasteiger partial charge in [-0.1, -0.05) is 0 Å². The first-order valence-electron chi connectivity index (χ1n) is 2.55. The van der Waals surface area contributed by atoms with Gasteiger partial charge in [0.1, 0.15) is 6.17 Å². The van der Waals surface area contributed by atoms with Crippen LogP contribution in [0.5, 0.6) is 0 Å². The minimum atomic E-state index is -1.32. The Hall–Kier alpha value is -0.150. The van der Waals surface area contributed by atoms with Crippen LogP contribution in [0.2, 0.25) is 0 Å². The Morgan fingerprint density at radius 3 is 2.12 bits per heavy atom. The predicted octanol–water partition coefficient (Wildman–Crippen LogP) is 0.0541. The summed E-state index contributed by atoms with van der Waals surface area (Å²) in [5.74, 6) is 0. The first-order valence-corrected chi connectivity index (χ1v) is 2.55. The molecule has 0 spiro atoms. The van der Waals surface area contributed by atoms with Gasteiger partial charge >= 0.3 is 0 Å². The number of nitrogens with two attached hydrogens (primary N) is 1. The molecule has 2 nitrogen and oxygen atoms in total. The second-order valence-electron chi connectivity index (χ2n) is 2.36. The monoisotopic (exact) mass is 121 g/mol. The van der Waals surface area contributed by atoms with Crippen molar-refractivity contribution in [3.05, 3.63) is 0 Å². The second kappa shape index (κ2) is 2.42. The molecule has 0 aliphatic heterocycles. The molecule has 0 aliphatic rings. The molecule has 0 fully saturated rings. The molecule has 0 rings (SSSR count). The second-order valence-corrected chi connectivity index (χ2v) is 2.36. The van der Waals surface area contributed by atoms with Gasteiger partial charge in [0.05, 0.1) is 5.60 Å². The summed E-state index contributed by atoms with van der Waals surface area (Å²) in [6, 6.07) is 0. The molecule has 0 aromatic heterocycles. The highest BCUT2D eigenvalue weighted by Crippen LogP contribution is 2.09. The average Bonchev–Trinajstić information content (AvgIpc) is 1.62. The molecule has 0 radical (unpaired) electrons. The zero-order valence-corrected chi connectivity index (χ0v) is 5.19. The number of hydrogen-bond acceptors (Lipinski definition) is 2. The molecule has 0 bridgehead atoms. The zero-order chi connectivity index (χ0) is 6.78. The van der Waals surface area contributed by atoms with Crippen LogP contribution in [0.3, 0.4) is 0 Å². The Morgan fingerprint density at radius 2 is 2.12 bits per heavy atom. The van der Waals surface area contributed by atoms with Crippen molar-refractivity contribution in [2.75, 3.05) is 6.54 Å². The Balaban J connectivity index is 3.62. The third kappa shape index (κ3) is 2.23. The molecule has 1 unspecified atom stereocenters. The average molecular weight is 121 g/mol. The summed E-state index contributed by atoms with van der Waals surface area (Å²) >= 11 is 0. The molecule has 0 saturated heterocycles. The van der Waals surface area contributed by atoms with E-state index < -0.39 is 11.8 Å². The number of hydrogen-bond donors (Lipinski definition) is 2. The van der Waals surface area contributed by atoms with Crippen LogP contribution < -0.4 is 5.73 Å². The maximum absolute atomic E-state index is 12.3. The molecule has 0 heterocycles. The van der Waals surface area contributed by atoms with E-state index in [-0.39, 0.29) is 6.54 Å². The van der Waals surface area contributed by atoms with E-state index in [1.54, 1.807) is 0 Å². The van der Waals surface area contributed by atoms with E-state index in [4.69, 9.17) is 10.8 Å². The lowest BCUT2D eigenvalue weighted by molar-refractivity contribution is 0.00143. The SMILES string of the molecule is CC(C)(O)C(F)CN. The van der Waals surface area contributed by atoms with Crippen molar-refractivity contribution in [3.63, 3.8) is 0 Å². The summed E-state index contributed by atoms with van der Waals surface area (Å²) < 4.78 is 12.3. The first kappa shape index (κ1) is 7.85. The normalized spacial score (nSPS) is 16.1. The molecular weight excluding hydrogens is 109 g/mol. The smallest absolute Gasteiger partial charge is 0.140 e. The molecule has 0 aliphatic carbocycles. The van der Waals surface area contributed by atoms with Crippen molar-refractivity contribution in [2.45, 2.75) is 25.6 Å². The van der Waals surface area contributed by atoms with Crippen molar-refractivity contribution in [2.24, 2.45) is 5.73 Å². The quantitative estimate of drug-likeness (QED) is 0.542. The van der Waals surface area contributed by atoms with Crippen molar-refractivity contribution < 1.29 is 9.50 Å². The van der Waals surface area contributed by atoms with Crippen LogP contribution in [0.4, 0.5) is 4.39 Å². The zero-order valence-electron chi connectivity index (χ0n) is 5.19. The third-order valence-electron chi connectivity index (χ3n) is 0.973. The van der Waals surface area contributed by atoms with Gasteiger partial charge in [-0.3, -0.25) is 0 Å². The van der Waals surface area contributed by atoms with Gasteiger partial charge in [-0.2, -0.15) is 0 Å². The fourth-order valence-corrected chi connectivity index (χ4v) is 0.288. The van der Waals surface area contributed by atoms with Crippen molar-refractivity contribution in [3.8, 4) is 0 Å². The van der Waals surface area contributed by atoms with Crippen LogP contribution in [-0.4, -0.2) is 23.4 Å². The van der Waals surface area contributed by atoms with Gasteiger partial charge in [0.25, 0.3) is 0 Å². The van der Waals surface area contributed by atoms with Gasteiger partial charge in [-0.15, -0.1) is 0 Å². The van der Waals surface area contributed by atoms with Gasteiger partial charge in [0.2, 0.25) is 0 Å². The van der Waals surface area contributed by atoms with E-state index in [0.29, 0.717) is 0 Å². The summed E-state index contributed by atoms with van der Waals surface area (Å²) in [5.41, 5.74) is 3.64. The summed E-state index contributed by atoms with van der Waals surface area (Å²) in [6.45, 7) is 2.67. The summed E-state index contributed by atoms with van der Waals surface area (Å²) in [4.78, 5) is 0. The molecule has 8 heavy (non-hydrogen) atoms. The lowest BCUT2D eigenvalue weighted by Gasteiger charge is -2.20. The predicted molar refractivity (Wildman–Crippen MR) is 30.2 cm³/mol. The van der Waals surface area contributed by atoms with E-state index >= 15 is 0 Å². The van der Waals surface area contributed by atoms with Crippen LogP contribution in [0.25, 0.3) is 0 Å². The summed E-state index contributed by atoms with van der Waals surface area (Å²) in [6.07, 6.45) is -1.32. The number of rotatable bonds is 2. The number of halogens is 1. The standard InChI is InChI=1S/C5H12FNO/c1-5(2,8)4(6)3-7/h4,8H,3,7H2,1-2H3. The van der Waals surface area contributed by atoms with Gasteiger partial charge in [0, 0.05) is 6.54 Å². The highest BCUT2D eigenvalue weighted by Gasteiger charge is 2.24. The van der Waals surface area contributed by atoms with E-state index in [1.807, 2.05) is 0 Å². The Kier molecular flexibility index (Phi) is 2.37. The summed E-state index contributed by atoms with van der Waals surface area (Å²) in [7, 11) is 0. The van der Waals surface area contributed by atoms with E-state index in [0.717, 1.165) is 0 Å². The van der Waals surface area contributed by atoms with Crippen LogP contribution in [0, 0.1) is 0 Å². The lowest BCUT2D eigenvalue weighted by Crippen LogP contribution is -2.37. The van der Waals surface area contributed by atoms with Gasteiger partial charge < -0.3 is 10.8 Å². The molecule has 3 heteroatoms. The van der Waals surface area contributed by atoms with Crippen LogP contribution >= 0.6 is 0 Å². The Bertz CT molecular complexity index is 69.3. The third-order valence-corrected chi connectivity index (χ3v) is 0.973. The van der Waals surface area contributed by atoms with Gasteiger partial charge in [0.15, 0.2) is 0 Å².